The highest BCUT2D eigenvalue weighted by molar-refractivity contribution is 5.49. The first-order chi connectivity index (χ1) is 7.61. The van der Waals surface area contributed by atoms with E-state index in [4.69, 9.17) is 0 Å². The van der Waals surface area contributed by atoms with Gasteiger partial charge in [-0.1, -0.05) is 6.92 Å². The van der Waals surface area contributed by atoms with Crippen molar-refractivity contribution in [2.24, 2.45) is 7.05 Å². The summed E-state index contributed by atoms with van der Waals surface area (Å²) in [6.45, 7) is 9.39. The Bertz CT molecular complexity index is 330. The van der Waals surface area contributed by atoms with Gasteiger partial charge in [-0.3, -0.25) is 4.68 Å². The van der Waals surface area contributed by atoms with E-state index in [0.717, 1.165) is 31.7 Å². The quantitative estimate of drug-likeness (QED) is 0.746. The van der Waals surface area contributed by atoms with Crippen molar-refractivity contribution in [3.63, 3.8) is 0 Å². The first kappa shape index (κ1) is 13.0. The third-order valence-corrected chi connectivity index (χ3v) is 2.88. The predicted octanol–water partition coefficient (Wildman–Crippen LogP) is 1.68. The molecule has 1 rings (SSSR count). The molecular weight excluding hydrogens is 200 g/mol. The molecule has 0 aliphatic rings. The molecule has 0 bridgehead atoms. The van der Waals surface area contributed by atoms with Crippen LogP contribution in [-0.4, -0.2) is 29.9 Å². The van der Waals surface area contributed by atoms with E-state index in [-0.39, 0.29) is 0 Å². The summed E-state index contributed by atoms with van der Waals surface area (Å²) in [6.07, 6.45) is 1.16. The topological polar surface area (TPSA) is 33.1 Å². The van der Waals surface area contributed by atoms with Crippen molar-refractivity contribution in [2.75, 3.05) is 25.0 Å². The molecule has 0 amide bonds. The molecule has 1 heterocycles. The van der Waals surface area contributed by atoms with Gasteiger partial charge in [0, 0.05) is 32.7 Å². The zero-order valence-electron chi connectivity index (χ0n) is 11.2. The van der Waals surface area contributed by atoms with Crippen LogP contribution in [0.15, 0.2) is 0 Å². The highest BCUT2D eigenvalue weighted by Crippen LogP contribution is 2.21. The number of hydrogen-bond donors (Lipinski definition) is 1. The molecule has 1 aromatic rings. The highest BCUT2D eigenvalue weighted by Gasteiger charge is 2.15. The Labute approximate surface area is 98.6 Å². The van der Waals surface area contributed by atoms with Crippen molar-refractivity contribution in [3.05, 3.63) is 11.3 Å². The molecule has 4 nitrogen and oxygen atoms in total. The lowest BCUT2D eigenvalue weighted by atomic mass is 10.2. The van der Waals surface area contributed by atoms with Gasteiger partial charge in [-0.25, -0.2) is 0 Å². The fourth-order valence-corrected chi connectivity index (χ4v) is 1.91. The second-order valence-corrected chi connectivity index (χ2v) is 4.20. The number of rotatable bonds is 6. The van der Waals surface area contributed by atoms with E-state index in [9.17, 15) is 0 Å². The van der Waals surface area contributed by atoms with E-state index in [0.29, 0.717) is 0 Å². The molecule has 16 heavy (non-hydrogen) atoms. The maximum absolute atomic E-state index is 4.49. The van der Waals surface area contributed by atoms with E-state index in [1.807, 2.05) is 11.7 Å². The maximum Gasteiger partial charge on any atom is 0.131 e. The van der Waals surface area contributed by atoms with Crippen molar-refractivity contribution >= 4 is 5.82 Å². The van der Waals surface area contributed by atoms with Gasteiger partial charge in [0.1, 0.15) is 5.82 Å². The van der Waals surface area contributed by atoms with Crippen LogP contribution >= 0.6 is 0 Å². The van der Waals surface area contributed by atoms with Gasteiger partial charge in [0.05, 0.1) is 5.69 Å². The van der Waals surface area contributed by atoms with E-state index >= 15 is 0 Å². The Morgan fingerprint density at radius 3 is 2.62 bits per heavy atom. The minimum Gasteiger partial charge on any atom is -0.360 e. The Morgan fingerprint density at radius 2 is 2.06 bits per heavy atom. The van der Waals surface area contributed by atoms with Crippen LogP contribution in [0.2, 0.25) is 0 Å². The van der Waals surface area contributed by atoms with Crippen LogP contribution in [0.4, 0.5) is 5.82 Å². The van der Waals surface area contributed by atoms with Gasteiger partial charge in [0.15, 0.2) is 0 Å². The van der Waals surface area contributed by atoms with Crippen molar-refractivity contribution in [1.82, 2.24) is 15.1 Å². The second-order valence-electron chi connectivity index (χ2n) is 4.20. The Balaban J connectivity index is 2.87. The van der Waals surface area contributed by atoms with Crippen LogP contribution in [-0.2, 0) is 13.6 Å². The lowest BCUT2D eigenvalue weighted by Gasteiger charge is -2.19. The summed E-state index contributed by atoms with van der Waals surface area (Å²) in [4.78, 5) is 2.24. The smallest absolute Gasteiger partial charge is 0.131 e. The average Bonchev–Trinajstić information content (AvgIpc) is 2.53. The summed E-state index contributed by atoms with van der Waals surface area (Å²) in [5, 5.41) is 7.94. The first-order valence-corrected chi connectivity index (χ1v) is 6.06. The van der Waals surface area contributed by atoms with Gasteiger partial charge in [0.25, 0.3) is 0 Å². The largest absolute Gasteiger partial charge is 0.360 e. The molecule has 0 aromatic carbocycles. The third kappa shape index (κ3) is 2.76. The molecule has 1 aromatic heterocycles. The fourth-order valence-electron chi connectivity index (χ4n) is 1.91. The molecule has 0 saturated heterocycles. The van der Waals surface area contributed by atoms with Crippen LogP contribution in [0.25, 0.3) is 0 Å². The minimum atomic E-state index is 0.910. The van der Waals surface area contributed by atoms with Gasteiger partial charge in [0.2, 0.25) is 0 Å². The number of anilines is 1. The van der Waals surface area contributed by atoms with Crippen LogP contribution < -0.4 is 10.2 Å². The molecule has 0 spiro atoms. The van der Waals surface area contributed by atoms with Crippen LogP contribution in [0, 0.1) is 6.92 Å². The molecule has 4 heteroatoms. The van der Waals surface area contributed by atoms with Gasteiger partial charge >= 0.3 is 0 Å². The first-order valence-electron chi connectivity index (χ1n) is 6.06. The SMILES string of the molecule is CCCNCc1c(C)nn(C)c1N(C)CC. The zero-order chi connectivity index (χ0) is 12.1. The molecular formula is C12H24N4. The number of nitrogens with zero attached hydrogens (tertiary/aromatic N) is 3. The van der Waals surface area contributed by atoms with Crippen molar-refractivity contribution in [3.8, 4) is 0 Å². The van der Waals surface area contributed by atoms with Gasteiger partial charge < -0.3 is 10.2 Å². The lowest BCUT2D eigenvalue weighted by molar-refractivity contribution is 0.670. The molecule has 92 valence electrons. The summed E-state index contributed by atoms with van der Waals surface area (Å²) in [7, 11) is 4.12. The number of nitrogens with one attached hydrogen (secondary N) is 1. The van der Waals surface area contributed by atoms with E-state index in [2.05, 4.69) is 43.1 Å². The van der Waals surface area contributed by atoms with Gasteiger partial charge in [-0.2, -0.15) is 5.10 Å². The summed E-state index contributed by atoms with van der Waals surface area (Å²) in [5.74, 6) is 1.23. The molecule has 0 fully saturated rings. The van der Waals surface area contributed by atoms with E-state index in [1.165, 1.54) is 11.4 Å². The summed E-state index contributed by atoms with van der Waals surface area (Å²) >= 11 is 0. The van der Waals surface area contributed by atoms with Gasteiger partial charge in [-0.15, -0.1) is 0 Å². The molecule has 0 atom stereocenters. The van der Waals surface area contributed by atoms with E-state index in [1.54, 1.807) is 0 Å². The highest BCUT2D eigenvalue weighted by atomic mass is 15.4. The van der Waals surface area contributed by atoms with Crippen LogP contribution in [0.5, 0.6) is 0 Å². The predicted molar refractivity (Wildman–Crippen MR) is 68.9 cm³/mol. The van der Waals surface area contributed by atoms with Crippen LogP contribution in [0.3, 0.4) is 0 Å². The Morgan fingerprint density at radius 1 is 1.38 bits per heavy atom. The standard InChI is InChI=1S/C12H24N4/c1-6-8-13-9-11-10(3)14-16(5)12(11)15(4)7-2/h13H,6-9H2,1-5H3. The summed E-state index contributed by atoms with van der Waals surface area (Å²) in [5.41, 5.74) is 2.45. The maximum atomic E-state index is 4.49. The van der Waals surface area contributed by atoms with Crippen LogP contribution in [0.1, 0.15) is 31.5 Å². The molecule has 0 aliphatic carbocycles. The van der Waals surface area contributed by atoms with Crippen molar-refractivity contribution in [1.29, 1.82) is 0 Å². The van der Waals surface area contributed by atoms with Crippen molar-refractivity contribution < 1.29 is 0 Å². The molecule has 0 unspecified atom stereocenters. The molecule has 0 aliphatic heterocycles. The molecule has 1 N–H and O–H groups in total. The minimum absolute atomic E-state index is 0.910. The zero-order valence-corrected chi connectivity index (χ0v) is 11.2. The third-order valence-electron chi connectivity index (χ3n) is 2.88. The number of aromatic nitrogens is 2. The normalized spacial score (nSPS) is 10.8. The van der Waals surface area contributed by atoms with Crippen molar-refractivity contribution in [2.45, 2.75) is 33.7 Å². The number of hydrogen-bond acceptors (Lipinski definition) is 3. The number of aryl methyl sites for hydroxylation is 2. The lowest BCUT2D eigenvalue weighted by Crippen LogP contribution is -2.22. The summed E-state index contributed by atoms with van der Waals surface area (Å²) < 4.78 is 1.97. The monoisotopic (exact) mass is 224 g/mol. The van der Waals surface area contributed by atoms with E-state index < -0.39 is 0 Å². The summed E-state index contributed by atoms with van der Waals surface area (Å²) in [6, 6.07) is 0. The second kappa shape index (κ2) is 5.89. The fraction of sp³-hybridized carbons (Fsp3) is 0.750. The molecule has 0 radical (unpaired) electrons. The average molecular weight is 224 g/mol. The molecule has 0 saturated carbocycles. The van der Waals surface area contributed by atoms with Gasteiger partial charge in [-0.05, 0) is 26.8 Å². The Kier molecular flexibility index (Phi) is 4.80. The Hall–Kier alpha value is -1.03.